The third kappa shape index (κ3) is 3.71. The lowest BCUT2D eigenvalue weighted by Crippen LogP contribution is -2.29. The second kappa shape index (κ2) is 6.41. The summed E-state index contributed by atoms with van der Waals surface area (Å²) in [6.07, 6.45) is 2.32. The highest BCUT2D eigenvalue weighted by Crippen LogP contribution is 2.33. The van der Waals surface area contributed by atoms with Crippen molar-refractivity contribution in [2.75, 3.05) is 31.7 Å². The minimum Gasteiger partial charge on any atom is -0.381 e. The molecule has 2 N–H and O–H groups in total. The predicted molar refractivity (Wildman–Crippen MR) is 85.5 cm³/mol. The molecule has 1 aliphatic rings. The molecular weight excluding hydrogens is 270 g/mol. The highest BCUT2D eigenvalue weighted by molar-refractivity contribution is 7.15. The van der Waals surface area contributed by atoms with E-state index in [4.69, 9.17) is 15.5 Å². The molecule has 0 aliphatic carbocycles. The molecule has 1 fully saturated rings. The van der Waals surface area contributed by atoms with Crippen molar-refractivity contribution in [2.24, 2.45) is 11.7 Å². The van der Waals surface area contributed by atoms with Crippen LogP contribution in [0.4, 0.5) is 5.13 Å². The average molecular weight is 297 g/mol. The molecule has 0 bridgehead atoms. The van der Waals surface area contributed by atoms with Crippen LogP contribution in [-0.4, -0.2) is 31.8 Å². The minimum atomic E-state index is 0.0585. The van der Waals surface area contributed by atoms with Gasteiger partial charge in [0, 0.05) is 43.6 Å². The van der Waals surface area contributed by atoms with Gasteiger partial charge >= 0.3 is 0 Å². The predicted octanol–water partition coefficient (Wildman–Crippen LogP) is 2.76. The molecule has 1 aromatic rings. The van der Waals surface area contributed by atoms with Gasteiger partial charge in [-0.15, -0.1) is 11.3 Å². The Morgan fingerprint density at radius 2 is 2.00 bits per heavy atom. The van der Waals surface area contributed by atoms with Crippen LogP contribution in [0, 0.1) is 5.92 Å². The fourth-order valence-electron chi connectivity index (χ4n) is 2.62. The molecular formula is C15H27N3OS. The summed E-state index contributed by atoms with van der Waals surface area (Å²) in [7, 11) is 2.14. The lowest BCUT2D eigenvalue weighted by atomic mass is 9.91. The zero-order valence-electron chi connectivity index (χ0n) is 13.1. The Labute approximate surface area is 126 Å². The summed E-state index contributed by atoms with van der Waals surface area (Å²) in [5.41, 5.74) is 7.09. The van der Waals surface area contributed by atoms with Gasteiger partial charge in [-0.25, -0.2) is 4.98 Å². The quantitative estimate of drug-likeness (QED) is 0.928. The summed E-state index contributed by atoms with van der Waals surface area (Å²) in [4.78, 5) is 8.35. The van der Waals surface area contributed by atoms with Crippen molar-refractivity contribution in [1.82, 2.24) is 4.98 Å². The summed E-state index contributed by atoms with van der Waals surface area (Å²) in [6.45, 7) is 10.0. The van der Waals surface area contributed by atoms with Gasteiger partial charge in [-0.3, -0.25) is 0 Å². The highest BCUT2D eigenvalue weighted by atomic mass is 32.1. The summed E-state index contributed by atoms with van der Waals surface area (Å²) in [5.74, 6) is 0.720. The number of rotatable bonds is 4. The van der Waals surface area contributed by atoms with Crippen LogP contribution in [0.5, 0.6) is 0 Å². The Morgan fingerprint density at radius 3 is 2.50 bits per heavy atom. The van der Waals surface area contributed by atoms with Crippen LogP contribution in [-0.2, 0) is 16.7 Å². The summed E-state index contributed by atoms with van der Waals surface area (Å²) in [5, 5.41) is 1.10. The van der Waals surface area contributed by atoms with Crippen molar-refractivity contribution in [2.45, 2.75) is 45.6 Å². The van der Waals surface area contributed by atoms with Crippen LogP contribution >= 0.6 is 11.3 Å². The fourth-order valence-corrected chi connectivity index (χ4v) is 3.74. The Kier molecular flexibility index (Phi) is 5.04. The lowest BCUT2D eigenvalue weighted by molar-refractivity contribution is 0.0685. The number of anilines is 1. The van der Waals surface area contributed by atoms with Crippen LogP contribution in [0.15, 0.2) is 0 Å². The molecule has 0 aromatic carbocycles. The number of hydrogen-bond donors (Lipinski definition) is 1. The standard InChI is InChI=1S/C15H27N3OS/c1-15(2,3)13-12(9-16)20-14(17-13)18(4)10-11-5-7-19-8-6-11/h11H,5-10,16H2,1-4H3. The summed E-state index contributed by atoms with van der Waals surface area (Å²) < 4.78 is 5.42. The molecule has 1 saturated heterocycles. The Bertz CT molecular complexity index is 433. The van der Waals surface area contributed by atoms with Gasteiger partial charge in [0.1, 0.15) is 0 Å². The van der Waals surface area contributed by atoms with Gasteiger partial charge in [0.15, 0.2) is 5.13 Å². The van der Waals surface area contributed by atoms with Gasteiger partial charge in [-0.2, -0.15) is 0 Å². The first-order chi connectivity index (χ1) is 9.41. The van der Waals surface area contributed by atoms with Crippen molar-refractivity contribution >= 4 is 16.5 Å². The lowest BCUT2D eigenvalue weighted by Gasteiger charge is -2.26. The second-order valence-electron chi connectivity index (χ2n) is 6.66. The minimum absolute atomic E-state index is 0.0585. The number of aromatic nitrogens is 1. The molecule has 0 unspecified atom stereocenters. The molecule has 2 heterocycles. The summed E-state index contributed by atoms with van der Waals surface area (Å²) >= 11 is 1.74. The second-order valence-corrected chi connectivity index (χ2v) is 7.72. The molecule has 1 aromatic heterocycles. The number of hydrogen-bond acceptors (Lipinski definition) is 5. The number of thiazole rings is 1. The first-order valence-electron chi connectivity index (χ1n) is 7.41. The van der Waals surface area contributed by atoms with E-state index >= 15 is 0 Å². The SMILES string of the molecule is CN(CC1CCOCC1)c1nc(C(C)(C)C)c(CN)s1. The molecule has 0 radical (unpaired) electrons. The summed E-state index contributed by atoms with van der Waals surface area (Å²) in [6, 6.07) is 0. The van der Waals surface area contributed by atoms with Crippen LogP contribution < -0.4 is 10.6 Å². The Hall–Kier alpha value is -0.650. The molecule has 20 heavy (non-hydrogen) atoms. The normalized spacial score (nSPS) is 17.4. The Balaban J connectivity index is 2.09. The third-order valence-electron chi connectivity index (χ3n) is 3.78. The van der Waals surface area contributed by atoms with Crippen LogP contribution in [0.3, 0.4) is 0 Å². The van der Waals surface area contributed by atoms with Gasteiger partial charge in [-0.05, 0) is 18.8 Å². The van der Waals surface area contributed by atoms with E-state index in [1.165, 1.54) is 4.88 Å². The zero-order valence-corrected chi connectivity index (χ0v) is 13.9. The van der Waals surface area contributed by atoms with E-state index in [1.807, 2.05) is 0 Å². The van der Waals surface area contributed by atoms with E-state index in [1.54, 1.807) is 11.3 Å². The van der Waals surface area contributed by atoms with Crippen molar-refractivity contribution in [3.05, 3.63) is 10.6 Å². The molecule has 0 amide bonds. The van der Waals surface area contributed by atoms with E-state index in [2.05, 4.69) is 32.7 Å². The van der Waals surface area contributed by atoms with Crippen molar-refractivity contribution in [3.63, 3.8) is 0 Å². The molecule has 4 nitrogen and oxygen atoms in total. The maximum absolute atomic E-state index is 5.88. The van der Waals surface area contributed by atoms with Crippen LogP contribution in [0.2, 0.25) is 0 Å². The number of nitrogens with zero attached hydrogens (tertiary/aromatic N) is 2. The van der Waals surface area contributed by atoms with Crippen molar-refractivity contribution < 1.29 is 4.74 Å². The molecule has 5 heteroatoms. The number of ether oxygens (including phenoxy) is 1. The van der Waals surface area contributed by atoms with E-state index in [0.29, 0.717) is 6.54 Å². The number of nitrogens with two attached hydrogens (primary N) is 1. The topological polar surface area (TPSA) is 51.4 Å². The third-order valence-corrected chi connectivity index (χ3v) is 4.97. The zero-order chi connectivity index (χ0) is 14.8. The van der Waals surface area contributed by atoms with E-state index in [-0.39, 0.29) is 5.41 Å². The first kappa shape index (κ1) is 15.7. The van der Waals surface area contributed by atoms with E-state index in [9.17, 15) is 0 Å². The van der Waals surface area contributed by atoms with E-state index < -0.39 is 0 Å². The maximum atomic E-state index is 5.88. The maximum Gasteiger partial charge on any atom is 0.185 e. The molecule has 0 saturated carbocycles. The molecule has 2 rings (SSSR count). The largest absolute Gasteiger partial charge is 0.381 e. The molecule has 1 aliphatic heterocycles. The fraction of sp³-hybridized carbons (Fsp3) is 0.800. The smallest absolute Gasteiger partial charge is 0.185 e. The molecule has 0 spiro atoms. The molecule has 0 atom stereocenters. The van der Waals surface area contributed by atoms with Gasteiger partial charge in [-0.1, -0.05) is 20.8 Å². The van der Waals surface area contributed by atoms with Gasteiger partial charge in [0.25, 0.3) is 0 Å². The van der Waals surface area contributed by atoms with Crippen molar-refractivity contribution in [3.8, 4) is 0 Å². The molecule has 114 valence electrons. The monoisotopic (exact) mass is 297 g/mol. The van der Waals surface area contributed by atoms with Gasteiger partial charge in [0.05, 0.1) is 5.69 Å². The van der Waals surface area contributed by atoms with Crippen LogP contribution in [0.25, 0.3) is 0 Å². The first-order valence-corrected chi connectivity index (χ1v) is 8.22. The van der Waals surface area contributed by atoms with Gasteiger partial charge < -0.3 is 15.4 Å². The van der Waals surface area contributed by atoms with E-state index in [0.717, 1.165) is 49.3 Å². The van der Waals surface area contributed by atoms with Gasteiger partial charge in [0.2, 0.25) is 0 Å². The van der Waals surface area contributed by atoms with Crippen molar-refractivity contribution in [1.29, 1.82) is 0 Å². The highest BCUT2D eigenvalue weighted by Gasteiger charge is 2.24. The van der Waals surface area contributed by atoms with Crippen LogP contribution in [0.1, 0.15) is 44.2 Å². The average Bonchev–Trinajstić information content (AvgIpc) is 2.84. The Morgan fingerprint density at radius 1 is 1.35 bits per heavy atom.